The van der Waals surface area contributed by atoms with E-state index in [1.54, 1.807) is 6.92 Å². The van der Waals surface area contributed by atoms with Crippen LogP contribution in [-0.2, 0) is 19.6 Å². The van der Waals surface area contributed by atoms with Gasteiger partial charge in [-0.05, 0) is 19.8 Å². The van der Waals surface area contributed by atoms with E-state index in [2.05, 4.69) is 6.07 Å². The molecule has 1 saturated heterocycles. The Bertz CT molecular complexity index is 419. The van der Waals surface area contributed by atoms with E-state index in [-0.39, 0.29) is 24.7 Å². The molecule has 0 unspecified atom stereocenters. The number of hydrogen-bond donors (Lipinski definition) is 0. The second kappa shape index (κ2) is 6.71. The molecule has 0 radical (unpaired) electrons. The molecule has 102 valence electrons. The molecule has 0 atom stereocenters. The highest BCUT2D eigenvalue weighted by molar-refractivity contribution is 7.89. The number of nitrogens with zero attached hydrogens (tertiary/aromatic N) is 2. The monoisotopic (exact) mass is 274 g/mol. The topological polar surface area (TPSA) is 87.5 Å². The average Bonchev–Trinajstić information content (AvgIpc) is 2.37. The molecule has 0 aromatic rings. The minimum atomic E-state index is -3.41. The zero-order valence-corrected chi connectivity index (χ0v) is 11.3. The minimum absolute atomic E-state index is 0.0542. The fourth-order valence-corrected chi connectivity index (χ4v) is 3.29. The number of nitriles is 1. The predicted octanol–water partition coefficient (Wildman–Crippen LogP) is 0.505. The smallest absolute Gasteiger partial charge is 0.306 e. The molecule has 0 spiro atoms. The van der Waals surface area contributed by atoms with Gasteiger partial charge in [-0.2, -0.15) is 5.26 Å². The van der Waals surface area contributed by atoms with Crippen LogP contribution < -0.4 is 0 Å². The van der Waals surface area contributed by atoms with Gasteiger partial charge in [-0.15, -0.1) is 0 Å². The van der Waals surface area contributed by atoms with Crippen molar-refractivity contribution in [1.82, 2.24) is 4.31 Å². The van der Waals surface area contributed by atoms with Gasteiger partial charge in [0.15, 0.2) is 0 Å². The summed E-state index contributed by atoms with van der Waals surface area (Å²) in [5.74, 6) is -0.766. The highest BCUT2D eigenvalue weighted by atomic mass is 32.2. The number of carbonyl (C=O) groups is 1. The van der Waals surface area contributed by atoms with E-state index in [4.69, 9.17) is 10.00 Å². The Hall–Kier alpha value is -1.13. The molecule has 6 nitrogen and oxygen atoms in total. The summed E-state index contributed by atoms with van der Waals surface area (Å²) in [5.41, 5.74) is 0. The number of carbonyl (C=O) groups excluding carboxylic acids is 1. The standard InChI is InChI=1S/C11H18N2O4S/c1-2-17-11(14)5-8-18(15,16)13-6-3-10(9-12)4-7-13/h10H,2-8H2,1H3. The van der Waals surface area contributed by atoms with Crippen molar-refractivity contribution in [3.05, 3.63) is 0 Å². The molecule has 1 fully saturated rings. The van der Waals surface area contributed by atoms with Crippen LogP contribution >= 0.6 is 0 Å². The first kappa shape index (κ1) is 14.9. The van der Waals surface area contributed by atoms with Crippen molar-refractivity contribution in [1.29, 1.82) is 5.26 Å². The maximum atomic E-state index is 11.9. The van der Waals surface area contributed by atoms with E-state index in [0.717, 1.165) is 0 Å². The van der Waals surface area contributed by atoms with Crippen LogP contribution in [-0.4, -0.2) is 44.1 Å². The second-order valence-electron chi connectivity index (χ2n) is 4.17. The minimum Gasteiger partial charge on any atom is -0.466 e. The molecule has 18 heavy (non-hydrogen) atoms. The second-order valence-corrected chi connectivity index (χ2v) is 6.26. The first-order chi connectivity index (χ1) is 8.49. The van der Waals surface area contributed by atoms with Gasteiger partial charge in [0.1, 0.15) is 0 Å². The predicted molar refractivity (Wildman–Crippen MR) is 64.9 cm³/mol. The summed E-state index contributed by atoms with van der Waals surface area (Å²) in [7, 11) is -3.41. The molecule has 0 amide bonds. The zero-order valence-electron chi connectivity index (χ0n) is 10.5. The van der Waals surface area contributed by atoms with Gasteiger partial charge in [0, 0.05) is 19.0 Å². The Morgan fingerprint density at radius 1 is 1.44 bits per heavy atom. The fraction of sp³-hybridized carbons (Fsp3) is 0.818. The number of hydrogen-bond acceptors (Lipinski definition) is 5. The summed E-state index contributed by atoms with van der Waals surface area (Å²) in [6, 6.07) is 2.15. The summed E-state index contributed by atoms with van der Waals surface area (Å²) < 4.78 is 29.9. The number of ether oxygens (including phenoxy) is 1. The fourth-order valence-electron chi connectivity index (χ4n) is 1.84. The van der Waals surface area contributed by atoms with E-state index in [9.17, 15) is 13.2 Å². The molecule has 0 bridgehead atoms. The summed E-state index contributed by atoms with van der Waals surface area (Å²) in [6.07, 6.45) is 1.01. The summed E-state index contributed by atoms with van der Waals surface area (Å²) in [4.78, 5) is 11.1. The third-order valence-electron chi connectivity index (χ3n) is 2.90. The largest absolute Gasteiger partial charge is 0.466 e. The molecule has 1 aliphatic rings. The maximum absolute atomic E-state index is 11.9. The van der Waals surface area contributed by atoms with Crippen LogP contribution in [0.15, 0.2) is 0 Å². The van der Waals surface area contributed by atoms with Crippen LogP contribution in [0.3, 0.4) is 0 Å². The highest BCUT2D eigenvalue weighted by Crippen LogP contribution is 2.19. The van der Waals surface area contributed by atoms with Crippen LogP contribution in [0.25, 0.3) is 0 Å². The highest BCUT2D eigenvalue weighted by Gasteiger charge is 2.28. The average molecular weight is 274 g/mol. The lowest BCUT2D eigenvalue weighted by molar-refractivity contribution is -0.142. The lowest BCUT2D eigenvalue weighted by Gasteiger charge is -2.28. The van der Waals surface area contributed by atoms with Gasteiger partial charge in [0.25, 0.3) is 0 Å². The van der Waals surface area contributed by atoms with Crippen LogP contribution in [0.1, 0.15) is 26.2 Å². The molecule has 0 aromatic heterocycles. The van der Waals surface area contributed by atoms with Crippen molar-refractivity contribution in [2.75, 3.05) is 25.4 Å². The van der Waals surface area contributed by atoms with Gasteiger partial charge >= 0.3 is 5.97 Å². The van der Waals surface area contributed by atoms with Crippen molar-refractivity contribution < 1.29 is 17.9 Å². The third-order valence-corrected chi connectivity index (χ3v) is 4.77. The first-order valence-corrected chi connectivity index (χ1v) is 7.63. The molecule has 1 rings (SSSR count). The van der Waals surface area contributed by atoms with Crippen molar-refractivity contribution in [3.63, 3.8) is 0 Å². The van der Waals surface area contributed by atoms with Crippen LogP contribution in [0.2, 0.25) is 0 Å². The number of rotatable bonds is 5. The molecule has 0 aliphatic carbocycles. The molecule has 0 N–H and O–H groups in total. The molecule has 7 heteroatoms. The zero-order chi connectivity index (χ0) is 13.6. The number of piperidine rings is 1. The lowest BCUT2D eigenvalue weighted by atomic mass is 10.0. The molecule has 0 saturated carbocycles. The van der Waals surface area contributed by atoms with Gasteiger partial charge in [-0.1, -0.05) is 0 Å². The molecular formula is C11H18N2O4S. The number of esters is 1. The SMILES string of the molecule is CCOC(=O)CCS(=O)(=O)N1CCC(C#N)CC1. The molecular weight excluding hydrogens is 256 g/mol. The van der Waals surface area contributed by atoms with Crippen molar-refractivity contribution in [3.8, 4) is 6.07 Å². The Morgan fingerprint density at radius 3 is 2.56 bits per heavy atom. The van der Waals surface area contributed by atoms with Crippen molar-refractivity contribution in [2.24, 2.45) is 5.92 Å². The molecule has 0 aromatic carbocycles. The van der Waals surface area contributed by atoms with Gasteiger partial charge in [0.2, 0.25) is 10.0 Å². The van der Waals surface area contributed by atoms with Crippen LogP contribution in [0, 0.1) is 17.2 Å². The van der Waals surface area contributed by atoms with E-state index in [1.165, 1.54) is 4.31 Å². The first-order valence-electron chi connectivity index (χ1n) is 6.02. The maximum Gasteiger partial charge on any atom is 0.306 e. The van der Waals surface area contributed by atoms with Gasteiger partial charge in [-0.25, -0.2) is 12.7 Å². The van der Waals surface area contributed by atoms with Gasteiger partial charge < -0.3 is 4.74 Å². The van der Waals surface area contributed by atoms with Crippen molar-refractivity contribution in [2.45, 2.75) is 26.2 Å². The van der Waals surface area contributed by atoms with E-state index in [0.29, 0.717) is 25.9 Å². The van der Waals surface area contributed by atoms with E-state index in [1.807, 2.05) is 0 Å². The normalized spacial score (nSPS) is 18.2. The van der Waals surface area contributed by atoms with Gasteiger partial charge in [0.05, 0.1) is 24.8 Å². The Labute approximate surface area is 108 Å². The van der Waals surface area contributed by atoms with Gasteiger partial charge in [-0.3, -0.25) is 4.79 Å². The summed E-state index contributed by atoms with van der Waals surface area (Å²) in [6.45, 7) is 2.66. The Kier molecular flexibility index (Phi) is 5.56. The number of sulfonamides is 1. The van der Waals surface area contributed by atoms with Crippen molar-refractivity contribution >= 4 is 16.0 Å². The van der Waals surface area contributed by atoms with Crippen LogP contribution in [0.4, 0.5) is 0 Å². The van der Waals surface area contributed by atoms with Crippen LogP contribution in [0.5, 0.6) is 0 Å². The summed E-state index contributed by atoms with van der Waals surface area (Å²) in [5, 5.41) is 8.74. The third kappa shape index (κ3) is 4.27. The quantitative estimate of drug-likeness (QED) is 0.681. The summed E-state index contributed by atoms with van der Waals surface area (Å²) >= 11 is 0. The van der Waals surface area contributed by atoms with E-state index >= 15 is 0 Å². The molecule has 1 heterocycles. The molecule has 1 aliphatic heterocycles. The van der Waals surface area contributed by atoms with E-state index < -0.39 is 16.0 Å². The Balaban J connectivity index is 2.45. The Morgan fingerprint density at radius 2 is 2.06 bits per heavy atom. The lowest BCUT2D eigenvalue weighted by Crippen LogP contribution is -2.39.